The van der Waals surface area contributed by atoms with E-state index in [0.29, 0.717) is 13.2 Å². The van der Waals surface area contributed by atoms with E-state index in [0.717, 1.165) is 23.1 Å². The van der Waals surface area contributed by atoms with Gasteiger partial charge in [-0.1, -0.05) is 60.7 Å². The van der Waals surface area contributed by atoms with Gasteiger partial charge in [0.05, 0.1) is 31.9 Å². The molecule has 2 atom stereocenters. The Kier molecular flexibility index (Phi) is 5.23. The van der Waals surface area contributed by atoms with Crippen molar-refractivity contribution in [2.75, 3.05) is 13.2 Å². The highest BCUT2D eigenvalue weighted by Gasteiger charge is 2.39. The first kappa shape index (κ1) is 17.8. The molecule has 2 heterocycles. The minimum Gasteiger partial charge on any atom is -0.445 e. The maximum absolute atomic E-state index is 12.7. The average Bonchev–Trinajstić information content (AvgIpc) is 2.72. The third-order valence-corrected chi connectivity index (χ3v) is 5.12. The number of ether oxygens (including phenoxy) is 2. The van der Waals surface area contributed by atoms with Gasteiger partial charge in [0.2, 0.25) is 0 Å². The van der Waals surface area contributed by atoms with Crippen molar-refractivity contribution in [3.8, 4) is 0 Å². The monoisotopic (exact) mass is 365 g/mol. The first-order chi connectivity index (χ1) is 13.2. The summed E-state index contributed by atoms with van der Waals surface area (Å²) in [5.41, 5.74) is 4.21. The number of fused-ring (bicyclic) bond motifs is 2. The van der Waals surface area contributed by atoms with Gasteiger partial charge < -0.3 is 14.6 Å². The van der Waals surface area contributed by atoms with Crippen LogP contribution in [0, 0.1) is 0 Å². The molecule has 2 aromatic carbocycles. The van der Waals surface area contributed by atoms with Crippen LogP contribution in [0.15, 0.2) is 60.7 Å². The van der Waals surface area contributed by atoms with Crippen molar-refractivity contribution in [3.63, 3.8) is 0 Å². The number of carbonyl (C=O) groups is 1. The van der Waals surface area contributed by atoms with Crippen LogP contribution < -0.4 is 0 Å². The summed E-state index contributed by atoms with van der Waals surface area (Å²) in [4.78, 5) is 14.5. The number of carbonyl (C=O) groups excluding carboxylic acids is 1. The topological polar surface area (TPSA) is 59.0 Å². The van der Waals surface area contributed by atoms with E-state index in [1.54, 1.807) is 0 Å². The van der Waals surface area contributed by atoms with Gasteiger partial charge in [0.1, 0.15) is 6.61 Å². The Hall–Kier alpha value is -2.63. The lowest BCUT2D eigenvalue weighted by molar-refractivity contribution is -0.0342. The Morgan fingerprint density at radius 2 is 1.85 bits per heavy atom. The summed E-state index contributed by atoms with van der Waals surface area (Å²) in [5.74, 6) is 0. The Morgan fingerprint density at radius 3 is 2.56 bits per heavy atom. The normalized spacial score (nSPS) is 21.5. The largest absolute Gasteiger partial charge is 0.445 e. The van der Waals surface area contributed by atoms with Crippen LogP contribution in [0.25, 0.3) is 5.57 Å². The predicted octanol–water partition coefficient (Wildman–Crippen LogP) is 3.37. The van der Waals surface area contributed by atoms with E-state index >= 15 is 0 Å². The first-order valence-electron chi connectivity index (χ1n) is 9.22. The maximum Gasteiger partial charge on any atom is 0.411 e. The molecule has 5 nitrogen and oxygen atoms in total. The number of amides is 1. The van der Waals surface area contributed by atoms with Gasteiger partial charge in [0.15, 0.2) is 0 Å². The van der Waals surface area contributed by atoms with Gasteiger partial charge in [0.25, 0.3) is 0 Å². The van der Waals surface area contributed by atoms with Gasteiger partial charge in [-0.3, -0.25) is 4.90 Å². The summed E-state index contributed by atoms with van der Waals surface area (Å²) in [6.45, 7) is 1.31. The highest BCUT2D eigenvalue weighted by atomic mass is 16.6. The second kappa shape index (κ2) is 7.94. The Bertz CT molecular complexity index is 816. The van der Waals surface area contributed by atoms with Crippen LogP contribution in [0.5, 0.6) is 0 Å². The van der Waals surface area contributed by atoms with Crippen molar-refractivity contribution >= 4 is 11.7 Å². The first-order valence-corrected chi connectivity index (χ1v) is 9.22. The minimum absolute atomic E-state index is 0.0236. The van der Waals surface area contributed by atoms with E-state index < -0.39 is 0 Å². The SMILES string of the molecule is O=C(OCc1ccccc1)N1C2C=C(c3ccc(CO)cc3)CC1COC2. The average molecular weight is 365 g/mol. The molecular formula is C22H23NO4. The second-order valence-electron chi connectivity index (χ2n) is 6.96. The van der Waals surface area contributed by atoms with Gasteiger partial charge in [-0.05, 0) is 28.7 Å². The molecule has 0 saturated carbocycles. The summed E-state index contributed by atoms with van der Waals surface area (Å²) in [6.07, 6.45) is 2.55. The lowest BCUT2D eigenvalue weighted by Crippen LogP contribution is -2.56. The number of nitrogens with zero attached hydrogens (tertiary/aromatic N) is 1. The fraction of sp³-hybridized carbons (Fsp3) is 0.318. The van der Waals surface area contributed by atoms with Gasteiger partial charge in [-0.15, -0.1) is 0 Å². The third kappa shape index (κ3) is 3.89. The summed E-state index contributed by atoms with van der Waals surface area (Å²) in [5, 5.41) is 9.21. The van der Waals surface area contributed by atoms with Crippen LogP contribution in [-0.4, -0.2) is 41.4 Å². The molecule has 1 amide bonds. The van der Waals surface area contributed by atoms with Crippen LogP contribution in [0.2, 0.25) is 0 Å². The zero-order valence-electron chi connectivity index (χ0n) is 15.1. The molecule has 5 heteroatoms. The van der Waals surface area contributed by atoms with E-state index in [9.17, 15) is 9.90 Å². The Balaban J connectivity index is 1.48. The van der Waals surface area contributed by atoms with E-state index in [2.05, 4.69) is 6.08 Å². The fourth-order valence-electron chi connectivity index (χ4n) is 3.71. The molecule has 2 bridgehead atoms. The molecule has 2 aliphatic heterocycles. The molecule has 2 aliphatic rings. The summed E-state index contributed by atoms with van der Waals surface area (Å²) in [6, 6.07) is 17.5. The lowest BCUT2D eigenvalue weighted by atomic mass is 9.90. The molecule has 2 unspecified atom stereocenters. The lowest BCUT2D eigenvalue weighted by Gasteiger charge is -2.43. The maximum atomic E-state index is 12.7. The summed E-state index contributed by atoms with van der Waals surface area (Å²) in [7, 11) is 0. The molecule has 0 aliphatic carbocycles. The minimum atomic E-state index is -0.289. The van der Waals surface area contributed by atoms with E-state index in [1.165, 1.54) is 5.57 Å². The van der Waals surface area contributed by atoms with Crippen LogP contribution in [0.1, 0.15) is 23.1 Å². The number of aliphatic hydroxyl groups excluding tert-OH is 1. The zero-order chi connectivity index (χ0) is 18.6. The molecular weight excluding hydrogens is 342 g/mol. The Labute approximate surface area is 158 Å². The number of benzene rings is 2. The van der Waals surface area contributed by atoms with Crippen LogP contribution in [-0.2, 0) is 22.7 Å². The molecule has 4 rings (SSSR count). The molecule has 27 heavy (non-hydrogen) atoms. The smallest absolute Gasteiger partial charge is 0.411 e. The standard InChI is InChI=1S/C22H23NO4/c24-12-16-6-8-18(9-7-16)19-10-20-14-26-15-21(11-19)23(20)22(25)27-13-17-4-2-1-3-5-17/h1-10,20-21,24H,11-15H2. The number of morpholine rings is 1. The van der Waals surface area contributed by atoms with Gasteiger partial charge in [-0.25, -0.2) is 4.79 Å². The molecule has 1 fully saturated rings. The Morgan fingerprint density at radius 1 is 1.07 bits per heavy atom. The highest BCUT2D eigenvalue weighted by Crippen LogP contribution is 2.33. The van der Waals surface area contributed by atoms with E-state index in [-0.39, 0.29) is 31.4 Å². The van der Waals surface area contributed by atoms with E-state index in [1.807, 2.05) is 59.5 Å². The molecule has 0 radical (unpaired) electrons. The van der Waals surface area contributed by atoms with Gasteiger partial charge in [-0.2, -0.15) is 0 Å². The number of rotatable bonds is 4. The molecule has 1 N–H and O–H groups in total. The van der Waals surface area contributed by atoms with Gasteiger partial charge in [0, 0.05) is 0 Å². The quantitative estimate of drug-likeness (QED) is 0.902. The summed E-state index contributed by atoms with van der Waals surface area (Å²) >= 11 is 0. The number of aliphatic hydroxyl groups is 1. The summed E-state index contributed by atoms with van der Waals surface area (Å²) < 4.78 is 11.2. The van der Waals surface area contributed by atoms with Crippen molar-refractivity contribution in [2.45, 2.75) is 31.7 Å². The van der Waals surface area contributed by atoms with Crippen molar-refractivity contribution in [1.29, 1.82) is 0 Å². The fourth-order valence-corrected chi connectivity index (χ4v) is 3.71. The molecule has 0 spiro atoms. The van der Waals surface area contributed by atoms with Crippen LogP contribution >= 0.6 is 0 Å². The number of hydrogen-bond donors (Lipinski definition) is 1. The zero-order valence-corrected chi connectivity index (χ0v) is 15.1. The molecule has 0 aromatic heterocycles. The molecule has 140 valence electrons. The molecule has 2 aromatic rings. The third-order valence-electron chi connectivity index (χ3n) is 5.12. The van der Waals surface area contributed by atoms with Gasteiger partial charge >= 0.3 is 6.09 Å². The molecule has 1 saturated heterocycles. The predicted molar refractivity (Wildman–Crippen MR) is 102 cm³/mol. The van der Waals surface area contributed by atoms with Crippen LogP contribution in [0.3, 0.4) is 0 Å². The highest BCUT2D eigenvalue weighted by molar-refractivity contribution is 5.74. The van der Waals surface area contributed by atoms with Crippen molar-refractivity contribution in [1.82, 2.24) is 4.90 Å². The number of hydrogen-bond acceptors (Lipinski definition) is 4. The van der Waals surface area contributed by atoms with E-state index in [4.69, 9.17) is 9.47 Å². The second-order valence-corrected chi connectivity index (χ2v) is 6.96. The van der Waals surface area contributed by atoms with Crippen LogP contribution in [0.4, 0.5) is 4.79 Å². The van der Waals surface area contributed by atoms with Crippen molar-refractivity contribution in [2.24, 2.45) is 0 Å². The van der Waals surface area contributed by atoms with Crippen molar-refractivity contribution in [3.05, 3.63) is 77.4 Å². The van der Waals surface area contributed by atoms with Crippen molar-refractivity contribution < 1.29 is 19.4 Å².